The van der Waals surface area contributed by atoms with Crippen LogP contribution in [0.5, 0.6) is 5.88 Å². The Morgan fingerprint density at radius 1 is 1.53 bits per heavy atom. The second kappa shape index (κ2) is 6.64. The highest BCUT2D eigenvalue weighted by atomic mass is 35.5. The third-order valence-corrected chi connectivity index (χ3v) is 2.25. The fourth-order valence-corrected chi connectivity index (χ4v) is 1.43. The van der Waals surface area contributed by atoms with E-state index in [0.717, 1.165) is 24.9 Å². The minimum absolute atomic E-state index is 0.532. The van der Waals surface area contributed by atoms with E-state index in [0.29, 0.717) is 17.5 Å². The number of nitrogens with zero attached hydrogens (tertiary/aromatic N) is 1. The van der Waals surface area contributed by atoms with Gasteiger partial charge in [0.2, 0.25) is 5.88 Å². The third-order valence-electron chi connectivity index (χ3n) is 1.98. The molecule has 0 aromatic carbocycles. The van der Waals surface area contributed by atoms with Gasteiger partial charge in [0.1, 0.15) is 5.02 Å². The highest BCUT2D eigenvalue weighted by molar-refractivity contribution is 6.31. The number of pyridine rings is 1. The van der Waals surface area contributed by atoms with Gasteiger partial charge in [-0.15, -0.1) is 0 Å². The zero-order valence-electron chi connectivity index (χ0n) is 9.22. The Labute approximate surface area is 95.8 Å². The van der Waals surface area contributed by atoms with Gasteiger partial charge in [0.15, 0.2) is 0 Å². The van der Waals surface area contributed by atoms with Crippen LogP contribution in [0.25, 0.3) is 0 Å². The van der Waals surface area contributed by atoms with Crippen molar-refractivity contribution in [2.24, 2.45) is 0 Å². The summed E-state index contributed by atoms with van der Waals surface area (Å²) in [6.07, 6.45) is 3.91. The molecule has 1 N–H and O–H groups in total. The van der Waals surface area contributed by atoms with Crippen LogP contribution < -0.4 is 10.1 Å². The van der Waals surface area contributed by atoms with E-state index in [1.807, 2.05) is 13.1 Å². The molecule has 1 rings (SSSR count). The largest absolute Gasteiger partial charge is 0.477 e. The molecule has 15 heavy (non-hydrogen) atoms. The van der Waals surface area contributed by atoms with Gasteiger partial charge in [-0.1, -0.05) is 24.9 Å². The van der Waals surface area contributed by atoms with E-state index in [9.17, 15) is 0 Å². The van der Waals surface area contributed by atoms with Crippen LogP contribution in [0.4, 0.5) is 0 Å². The summed E-state index contributed by atoms with van der Waals surface area (Å²) in [5.74, 6) is 0.532. The molecule has 1 aromatic rings. The molecule has 0 unspecified atom stereocenters. The summed E-state index contributed by atoms with van der Waals surface area (Å²) in [6.45, 7) is 3.56. The standard InChI is InChI=1S/C11H17ClN2O/c1-3-4-5-15-11-10(12)6-9(7-13-2)8-14-11/h6,8,13H,3-5,7H2,1-2H3. The number of rotatable bonds is 6. The van der Waals surface area contributed by atoms with Crippen LogP contribution in [0, 0.1) is 0 Å². The maximum atomic E-state index is 6.03. The lowest BCUT2D eigenvalue weighted by Gasteiger charge is -2.07. The molecule has 0 amide bonds. The van der Waals surface area contributed by atoms with E-state index in [2.05, 4.69) is 17.2 Å². The van der Waals surface area contributed by atoms with Crippen molar-refractivity contribution in [3.05, 3.63) is 22.8 Å². The van der Waals surface area contributed by atoms with Crippen LogP contribution in [-0.2, 0) is 6.54 Å². The fraction of sp³-hybridized carbons (Fsp3) is 0.545. The van der Waals surface area contributed by atoms with Crippen molar-refractivity contribution in [2.45, 2.75) is 26.3 Å². The normalized spacial score (nSPS) is 10.3. The summed E-state index contributed by atoms with van der Waals surface area (Å²) in [4.78, 5) is 4.17. The van der Waals surface area contributed by atoms with Crippen LogP contribution in [0.15, 0.2) is 12.3 Å². The van der Waals surface area contributed by atoms with Gasteiger partial charge >= 0.3 is 0 Å². The maximum Gasteiger partial charge on any atom is 0.232 e. The molecule has 0 aliphatic heterocycles. The van der Waals surface area contributed by atoms with Gasteiger partial charge in [0.05, 0.1) is 6.61 Å². The first-order chi connectivity index (χ1) is 7.27. The molecule has 0 fully saturated rings. The first-order valence-corrected chi connectivity index (χ1v) is 5.57. The van der Waals surface area contributed by atoms with E-state index in [1.54, 1.807) is 6.20 Å². The molecular weight excluding hydrogens is 212 g/mol. The van der Waals surface area contributed by atoms with Crippen molar-refractivity contribution < 1.29 is 4.74 Å². The van der Waals surface area contributed by atoms with Crippen LogP contribution in [0.1, 0.15) is 25.3 Å². The summed E-state index contributed by atoms with van der Waals surface area (Å²) in [6, 6.07) is 1.88. The summed E-state index contributed by atoms with van der Waals surface area (Å²) < 4.78 is 5.45. The quantitative estimate of drug-likeness (QED) is 0.761. The average Bonchev–Trinajstić information content (AvgIpc) is 2.22. The van der Waals surface area contributed by atoms with Crippen molar-refractivity contribution in [1.82, 2.24) is 10.3 Å². The van der Waals surface area contributed by atoms with Gasteiger partial charge in [-0.25, -0.2) is 4.98 Å². The molecule has 0 saturated heterocycles. The van der Waals surface area contributed by atoms with Gasteiger partial charge in [0.25, 0.3) is 0 Å². The van der Waals surface area contributed by atoms with Gasteiger partial charge in [-0.05, 0) is 25.1 Å². The number of halogens is 1. The monoisotopic (exact) mass is 228 g/mol. The first kappa shape index (κ1) is 12.3. The molecule has 4 heteroatoms. The zero-order chi connectivity index (χ0) is 11.1. The van der Waals surface area contributed by atoms with Crippen LogP contribution in [-0.4, -0.2) is 18.6 Å². The number of hydrogen-bond acceptors (Lipinski definition) is 3. The van der Waals surface area contributed by atoms with Crippen LogP contribution in [0.3, 0.4) is 0 Å². The van der Waals surface area contributed by atoms with Crippen LogP contribution >= 0.6 is 11.6 Å². The minimum Gasteiger partial charge on any atom is -0.477 e. The van der Waals surface area contributed by atoms with Crippen molar-refractivity contribution in [1.29, 1.82) is 0 Å². The predicted molar refractivity (Wildman–Crippen MR) is 62.4 cm³/mol. The lowest BCUT2D eigenvalue weighted by atomic mass is 10.3. The SMILES string of the molecule is CCCCOc1ncc(CNC)cc1Cl. The lowest BCUT2D eigenvalue weighted by Crippen LogP contribution is -2.06. The third kappa shape index (κ3) is 4.06. The second-order valence-electron chi connectivity index (χ2n) is 3.36. The number of unbranched alkanes of at least 4 members (excludes halogenated alkanes) is 1. The zero-order valence-corrected chi connectivity index (χ0v) is 9.97. The molecule has 0 bridgehead atoms. The van der Waals surface area contributed by atoms with Gasteiger partial charge < -0.3 is 10.1 Å². The number of nitrogens with one attached hydrogen (secondary N) is 1. The Balaban J connectivity index is 2.58. The van der Waals surface area contributed by atoms with E-state index in [-0.39, 0.29) is 0 Å². The lowest BCUT2D eigenvalue weighted by molar-refractivity contribution is 0.298. The van der Waals surface area contributed by atoms with Gasteiger partial charge in [-0.3, -0.25) is 0 Å². The van der Waals surface area contributed by atoms with E-state index >= 15 is 0 Å². The topological polar surface area (TPSA) is 34.1 Å². The van der Waals surface area contributed by atoms with E-state index < -0.39 is 0 Å². The summed E-state index contributed by atoms with van der Waals surface area (Å²) in [5.41, 5.74) is 1.06. The van der Waals surface area contributed by atoms with Crippen molar-refractivity contribution >= 4 is 11.6 Å². The Kier molecular flexibility index (Phi) is 5.43. The summed E-state index contributed by atoms with van der Waals surface area (Å²) in [5, 5.41) is 3.63. The van der Waals surface area contributed by atoms with Gasteiger partial charge in [-0.2, -0.15) is 0 Å². The minimum atomic E-state index is 0.532. The first-order valence-electron chi connectivity index (χ1n) is 5.19. The molecular formula is C11H17ClN2O. The maximum absolute atomic E-state index is 6.03. The fourth-order valence-electron chi connectivity index (χ4n) is 1.19. The smallest absolute Gasteiger partial charge is 0.232 e. The molecule has 1 aromatic heterocycles. The Bertz CT molecular complexity index is 305. The molecule has 3 nitrogen and oxygen atoms in total. The number of aromatic nitrogens is 1. The predicted octanol–water partition coefficient (Wildman–Crippen LogP) is 2.63. The average molecular weight is 229 g/mol. The Morgan fingerprint density at radius 3 is 2.93 bits per heavy atom. The number of ether oxygens (including phenoxy) is 1. The molecule has 0 spiro atoms. The van der Waals surface area contributed by atoms with Crippen molar-refractivity contribution in [3.8, 4) is 5.88 Å². The van der Waals surface area contributed by atoms with E-state index in [1.165, 1.54) is 0 Å². The van der Waals surface area contributed by atoms with E-state index in [4.69, 9.17) is 16.3 Å². The van der Waals surface area contributed by atoms with Crippen molar-refractivity contribution in [2.75, 3.05) is 13.7 Å². The van der Waals surface area contributed by atoms with Crippen LogP contribution in [0.2, 0.25) is 5.02 Å². The van der Waals surface area contributed by atoms with Crippen molar-refractivity contribution in [3.63, 3.8) is 0 Å². The summed E-state index contributed by atoms with van der Waals surface area (Å²) in [7, 11) is 1.89. The molecule has 0 aliphatic rings. The molecule has 0 aliphatic carbocycles. The molecule has 0 radical (unpaired) electrons. The Morgan fingerprint density at radius 2 is 2.33 bits per heavy atom. The summed E-state index contributed by atoms with van der Waals surface area (Å²) >= 11 is 6.03. The molecule has 84 valence electrons. The molecule has 0 saturated carbocycles. The molecule has 1 heterocycles. The highest BCUT2D eigenvalue weighted by Crippen LogP contribution is 2.22. The van der Waals surface area contributed by atoms with Gasteiger partial charge in [0, 0.05) is 12.7 Å². The highest BCUT2D eigenvalue weighted by Gasteiger charge is 2.03. The Hall–Kier alpha value is -0.800. The second-order valence-corrected chi connectivity index (χ2v) is 3.77. The number of hydrogen-bond donors (Lipinski definition) is 1. The molecule has 0 atom stereocenters.